The standard InChI is InChI=1S/C24H28N4OS/c1-4-21-20(16-19-9-7-17(2)8-10-19)23(26-18(3)25-21)27-11-13-28(14-12-27)24(29)22-6-5-15-30-22/h5-10,15H,4,11-14,16H2,1-3H3. The first-order chi connectivity index (χ1) is 14.5. The number of carbonyl (C=O) groups is 1. The summed E-state index contributed by atoms with van der Waals surface area (Å²) in [4.78, 5) is 27.4. The average molecular weight is 421 g/mol. The number of aryl methyl sites for hydroxylation is 3. The van der Waals surface area contributed by atoms with Gasteiger partial charge in [0.25, 0.3) is 5.91 Å². The molecular formula is C24H28N4OS. The van der Waals surface area contributed by atoms with E-state index in [1.807, 2.05) is 29.3 Å². The molecule has 3 aromatic rings. The van der Waals surface area contributed by atoms with Crippen molar-refractivity contribution in [3.63, 3.8) is 0 Å². The SMILES string of the molecule is CCc1nc(C)nc(N2CCN(C(=O)c3cccs3)CC2)c1Cc1ccc(C)cc1. The Balaban J connectivity index is 1.57. The van der Waals surface area contributed by atoms with Gasteiger partial charge in [0.15, 0.2) is 0 Å². The Bertz CT molecular complexity index is 1010. The molecule has 0 N–H and O–H groups in total. The number of hydrogen-bond donors (Lipinski definition) is 0. The summed E-state index contributed by atoms with van der Waals surface area (Å²) < 4.78 is 0. The first-order valence-electron chi connectivity index (χ1n) is 10.5. The predicted octanol–water partition coefficient (Wildman–Crippen LogP) is 4.27. The Morgan fingerprint density at radius 3 is 2.40 bits per heavy atom. The molecule has 0 unspecified atom stereocenters. The molecule has 0 bridgehead atoms. The molecule has 0 saturated carbocycles. The van der Waals surface area contributed by atoms with Crippen LogP contribution in [0.2, 0.25) is 0 Å². The highest BCUT2D eigenvalue weighted by atomic mass is 32.1. The Morgan fingerprint density at radius 1 is 1.03 bits per heavy atom. The number of hydrogen-bond acceptors (Lipinski definition) is 5. The van der Waals surface area contributed by atoms with Crippen LogP contribution in [0.1, 0.15) is 44.8 Å². The molecule has 1 saturated heterocycles. The molecule has 1 amide bonds. The quantitative estimate of drug-likeness (QED) is 0.618. The second-order valence-corrected chi connectivity index (χ2v) is 8.74. The fourth-order valence-corrected chi connectivity index (χ4v) is 4.65. The molecule has 1 aromatic carbocycles. The summed E-state index contributed by atoms with van der Waals surface area (Å²) in [6.07, 6.45) is 1.71. The van der Waals surface area contributed by atoms with Crippen LogP contribution >= 0.6 is 11.3 Å². The first kappa shape index (κ1) is 20.5. The van der Waals surface area contributed by atoms with Crippen LogP contribution in [0, 0.1) is 13.8 Å². The highest BCUT2D eigenvalue weighted by molar-refractivity contribution is 7.12. The van der Waals surface area contributed by atoms with Crippen molar-refractivity contribution in [2.45, 2.75) is 33.6 Å². The van der Waals surface area contributed by atoms with Crippen molar-refractivity contribution in [2.75, 3.05) is 31.1 Å². The third kappa shape index (κ3) is 4.38. The van der Waals surface area contributed by atoms with Crippen molar-refractivity contribution >= 4 is 23.1 Å². The van der Waals surface area contributed by atoms with Gasteiger partial charge in [-0.05, 0) is 37.3 Å². The number of nitrogens with zero attached hydrogens (tertiary/aromatic N) is 4. The van der Waals surface area contributed by atoms with E-state index in [-0.39, 0.29) is 5.91 Å². The molecule has 6 heteroatoms. The lowest BCUT2D eigenvalue weighted by atomic mass is 10.0. The molecule has 1 aliphatic heterocycles. The molecular weight excluding hydrogens is 392 g/mol. The number of piperazine rings is 1. The summed E-state index contributed by atoms with van der Waals surface area (Å²) >= 11 is 1.51. The molecule has 5 nitrogen and oxygen atoms in total. The Kier molecular flexibility index (Phi) is 6.13. The van der Waals surface area contributed by atoms with Gasteiger partial charge in [-0.25, -0.2) is 9.97 Å². The van der Waals surface area contributed by atoms with Crippen molar-refractivity contribution < 1.29 is 4.79 Å². The van der Waals surface area contributed by atoms with Gasteiger partial charge in [0.05, 0.1) is 4.88 Å². The van der Waals surface area contributed by atoms with Gasteiger partial charge in [-0.1, -0.05) is 42.8 Å². The smallest absolute Gasteiger partial charge is 0.264 e. The minimum Gasteiger partial charge on any atom is -0.353 e. The molecule has 3 heterocycles. The predicted molar refractivity (Wildman–Crippen MR) is 123 cm³/mol. The summed E-state index contributed by atoms with van der Waals surface area (Å²) in [5.41, 5.74) is 4.87. The lowest BCUT2D eigenvalue weighted by molar-refractivity contribution is 0.0751. The topological polar surface area (TPSA) is 49.3 Å². The fraction of sp³-hybridized carbons (Fsp3) is 0.375. The molecule has 156 valence electrons. The number of benzene rings is 1. The van der Waals surface area contributed by atoms with E-state index < -0.39 is 0 Å². The van der Waals surface area contributed by atoms with Crippen molar-refractivity contribution in [1.29, 1.82) is 0 Å². The molecule has 2 aromatic heterocycles. The zero-order chi connectivity index (χ0) is 21.1. The second-order valence-electron chi connectivity index (χ2n) is 7.79. The fourth-order valence-electron chi connectivity index (χ4n) is 3.96. The van der Waals surface area contributed by atoms with Gasteiger partial charge < -0.3 is 9.80 Å². The largest absolute Gasteiger partial charge is 0.353 e. The molecule has 0 spiro atoms. The zero-order valence-corrected chi connectivity index (χ0v) is 18.7. The van der Waals surface area contributed by atoms with Crippen LogP contribution in [0.5, 0.6) is 0 Å². The van der Waals surface area contributed by atoms with E-state index in [1.54, 1.807) is 0 Å². The molecule has 0 aliphatic carbocycles. The summed E-state index contributed by atoms with van der Waals surface area (Å²) in [7, 11) is 0. The zero-order valence-electron chi connectivity index (χ0n) is 17.9. The van der Waals surface area contributed by atoms with Gasteiger partial charge >= 0.3 is 0 Å². The summed E-state index contributed by atoms with van der Waals surface area (Å²) in [6, 6.07) is 12.5. The van der Waals surface area contributed by atoms with Gasteiger partial charge in [-0.15, -0.1) is 11.3 Å². The highest BCUT2D eigenvalue weighted by Crippen LogP contribution is 2.26. The van der Waals surface area contributed by atoms with Crippen LogP contribution < -0.4 is 4.90 Å². The van der Waals surface area contributed by atoms with Crippen LogP contribution in [-0.2, 0) is 12.8 Å². The van der Waals surface area contributed by atoms with E-state index in [2.05, 4.69) is 43.0 Å². The second kappa shape index (κ2) is 8.96. The van der Waals surface area contributed by atoms with Crippen LogP contribution in [0.4, 0.5) is 5.82 Å². The minimum atomic E-state index is 0.137. The van der Waals surface area contributed by atoms with Crippen LogP contribution in [0.3, 0.4) is 0 Å². The summed E-state index contributed by atoms with van der Waals surface area (Å²) in [5.74, 6) is 1.98. The lowest BCUT2D eigenvalue weighted by Crippen LogP contribution is -2.49. The number of thiophene rings is 1. The monoisotopic (exact) mass is 420 g/mol. The van der Waals surface area contributed by atoms with E-state index in [9.17, 15) is 4.79 Å². The molecule has 30 heavy (non-hydrogen) atoms. The van der Waals surface area contributed by atoms with Crippen LogP contribution in [-0.4, -0.2) is 47.0 Å². The Hall–Kier alpha value is -2.73. The molecule has 4 rings (SSSR count). The van der Waals surface area contributed by atoms with Crippen molar-refractivity contribution in [1.82, 2.24) is 14.9 Å². The normalized spacial score (nSPS) is 14.2. The van der Waals surface area contributed by atoms with Crippen molar-refractivity contribution in [2.24, 2.45) is 0 Å². The Labute approximate surface area is 182 Å². The summed E-state index contributed by atoms with van der Waals surface area (Å²) in [6.45, 7) is 9.24. The van der Waals surface area contributed by atoms with Crippen LogP contribution in [0.15, 0.2) is 41.8 Å². The van der Waals surface area contributed by atoms with Crippen molar-refractivity contribution in [3.05, 3.63) is 74.9 Å². The van der Waals surface area contributed by atoms with Gasteiger partial charge in [0.1, 0.15) is 11.6 Å². The average Bonchev–Trinajstić information content (AvgIpc) is 3.30. The van der Waals surface area contributed by atoms with E-state index in [0.29, 0.717) is 13.1 Å². The Morgan fingerprint density at radius 2 is 1.77 bits per heavy atom. The third-order valence-electron chi connectivity index (χ3n) is 5.62. The number of anilines is 1. The minimum absolute atomic E-state index is 0.137. The maximum absolute atomic E-state index is 12.7. The third-order valence-corrected chi connectivity index (χ3v) is 6.48. The number of amides is 1. The maximum atomic E-state index is 12.7. The van der Waals surface area contributed by atoms with E-state index in [4.69, 9.17) is 9.97 Å². The van der Waals surface area contributed by atoms with Crippen molar-refractivity contribution in [3.8, 4) is 0 Å². The molecule has 0 radical (unpaired) electrons. The van der Waals surface area contributed by atoms with Gasteiger partial charge in [0, 0.05) is 43.9 Å². The number of rotatable bonds is 5. The van der Waals surface area contributed by atoms with Crippen LogP contribution in [0.25, 0.3) is 0 Å². The van der Waals surface area contributed by atoms with E-state index in [1.165, 1.54) is 28.0 Å². The number of aromatic nitrogens is 2. The van der Waals surface area contributed by atoms with Gasteiger partial charge in [-0.2, -0.15) is 0 Å². The highest BCUT2D eigenvalue weighted by Gasteiger charge is 2.26. The maximum Gasteiger partial charge on any atom is 0.264 e. The molecule has 0 atom stereocenters. The van der Waals surface area contributed by atoms with E-state index in [0.717, 1.165) is 48.1 Å². The summed E-state index contributed by atoms with van der Waals surface area (Å²) in [5, 5.41) is 1.96. The lowest BCUT2D eigenvalue weighted by Gasteiger charge is -2.36. The number of carbonyl (C=O) groups excluding carboxylic acids is 1. The molecule has 1 aliphatic rings. The van der Waals surface area contributed by atoms with Gasteiger partial charge in [-0.3, -0.25) is 4.79 Å². The van der Waals surface area contributed by atoms with Gasteiger partial charge in [0.2, 0.25) is 0 Å². The molecule has 1 fully saturated rings. The first-order valence-corrected chi connectivity index (χ1v) is 11.4. The van der Waals surface area contributed by atoms with E-state index >= 15 is 0 Å².